The van der Waals surface area contributed by atoms with Gasteiger partial charge in [0.25, 0.3) is 0 Å². The molecule has 0 aromatic heterocycles. The van der Waals surface area contributed by atoms with E-state index in [1.54, 1.807) is 6.07 Å². The molecule has 1 atom stereocenters. The molecule has 1 aromatic rings. The van der Waals surface area contributed by atoms with E-state index in [1.165, 1.54) is 26.4 Å². The van der Waals surface area contributed by atoms with Crippen LogP contribution in [0.2, 0.25) is 0 Å². The van der Waals surface area contributed by atoms with E-state index in [9.17, 15) is 4.79 Å². The average molecular weight is 276 g/mol. The Morgan fingerprint density at radius 1 is 1.50 bits per heavy atom. The lowest BCUT2D eigenvalue weighted by Gasteiger charge is -2.35. The number of hydrogen-bond acceptors (Lipinski definition) is 4. The van der Waals surface area contributed by atoms with Crippen molar-refractivity contribution in [3.63, 3.8) is 0 Å². The Kier molecular flexibility index (Phi) is 5.41. The maximum atomic E-state index is 11.6. The summed E-state index contributed by atoms with van der Waals surface area (Å²) in [6.45, 7) is 5.20. The first-order chi connectivity index (χ1) is 9.74. The molecule has 0 radical (unpaired) electrons. The molecule has 1 aliphatic heterocycles. The van der Waals surface area contributed by atoms with Crippen LogP contribution in [-0.2, 0) is 4.74 Å². The third kappa shape index (κ3) is 3.73. The van der Waals surface area contributed by atoms with Crippen LogP contribution in [0.3, 0.4) is 0 Å². The maximum Gasteiger partial charge on any atom is 0.337 e. The summed E-state index contributed by atoms with van der Waals surface area (Å²) in [5, 5.41) is 3.57. The van der Waals surface area contributed by atoms with Crippen molar-refractivity contribution < 1.29 is 9.53 Å². The molecule has 0 bridgehead atoms. The van der Waals surface area contributed by atoms with Crippen molar-refractivity contribution in [2.24, 2.45) is 0 Å². The Morgan fingerprint density at radius 3 is 3.10 bits per heavy atom. The molecule has 1 saturated heterocycles. The summed E-state index contributed by atoms with van der Waals surface area (Å²) in [4.78, 5) is 14.0. The van der Waals surface area contributed by atoms with Crippen LogP contribution in [0.1, 0.15) is 36.5 Å². The Labute approximate surface area is 121 Å². The number of benzene rings is 1. The lowest BCUT2D eigenvalue weighted by Crippen LogP contribution is -2.50. The first kappa shape index (κ1) is 14.9. The summed E-state index contributed by atoms with van der Waals surface area (Å²) in [7, 11) is 1.42. The van der Waals surface area contributed by atoms with E-state index in [1.807, 2.05) is 12.1 Å². The highest BCUT2D eigenvalue weighted by atomic mass is 16.5. The molecular weight excluding hydrogens is 252 g/mol. The summed E-state index contributed by atoms with van der Waals surface area (Å²) >= 11 is 0. The molecular formula is C16H24N2O2. The minimum atomic E-state index is -0.274. The Hall–Kier alpha value is -1.55. The van der Waals surface area contributed by atoms with Crippen LogP contribution in [0, 0.1) is 0 Å². The van der Waals surface area contributed by atoms with E-state index in [4.69, 9.17) is 4.74 Å². The first-order valence-corrected chi connectivity index (χ1v) is 7.41. The molecule has 0 amide bonds. The zero-order valence-corrected chi connectivity index (χ0v) is 12.4. The number of esters is 1. The van der Waals surface area contributed by atoms with E-state index in [0.29, 0.717) is 11.6 Å². The number of ether oxygens (including phenoxy) is 1. The van der Waals surface area contributed by atoms with Crippen LogP contribution in [-0.4, -0.2) is 38.8 Å². The Morgan fingerprint density at radius 2 is 2.35 bits per heavy atom. The molecule has 1 fully saturated rings. The Bertz CT molecular complexity index is 448. The largest absolute Gasteiger partial charge is 0.465 e. The predicted octanol–water partition coefficient (Wildman–Crippen LogP) is 2.44. The highest BCUT2D eigenvalue weighted by molar-refractivity contribution is 5.90. The number of anilines is 1. The van der Waals surface area contributed by atoms with Gasteiger partial charge in [-0.15, -0.1) is 0 Å². The predicted molar refractivity (Wildman–Crippen MR) is 81.3 cm³/mol. The zero-order chi connectivity index (χ0) is 14.4. The number of carbonyl (C=O) groups is 1. The van der Waals surface area contributed by atoms with Crippen LogP contribution in [0.25, 0.3) is 0 Å². The summed E-state index contributed by atoms with van der Waals surface area (Å²) in [5.74, 6) is -0.274. The van der Waals surface area contributed by atoms with E-state index < -0.39 is 0 Å². The number of hydrogen-bond donors (Lipinski definition) is 1. The molecule has 110 valence electrons. The highest BCUT2D eigenvalue weighted by Crippen LogP contribution is 2.19. The molecule has 0 spiro atoms. The molecule has 1 heterocycles. The van der Waals surface area contributed by atoms with E-state index in [0.717, 1.165) is 25.3 Å². The number of piperazine rings is 1. The van der Waals surface area contributed by atoms with Crippen molar-refractivity contribution in [2.75, 3.05) is 31.6 Å². The molecule has 2 rings (SSSR count). The number of methoxy groups -OCH3 is 1. The van der Waals surface area contributed by atoms with Gasteiger partial charge < -0.3 is 15.0 Å². The third-order valence-corrected chi connectivity index (χ3v) is 3.79. The molecule has 20 heavy (non-hydrogen) atoms. The summed E-state index contributed by atoms with van der Waals surface area (Å²) in [6, 6.07) is 8.25. The topological polar surface area (TPSA) is 41.6 Å². The van der Waals surface area contributed by atoms with Gasteiger partial charge >= 0.3 is 5.97 Å². The molecule has 0 saturated carbocycles. The fourth-order valence-electron chi connectivity index (χ4n) is 2.65. The Balaban J connectivity index is 2.04. The maximum absolute atomic E-state index is 11.6. The summed E-state index contributed by atoms with van der Waals surface area (Å²) in [6.07, 6.45) is 3.70. The molecule has 0 aliphatic carbocycles. The van der Waals surface area contributed by atoms with Gasteiger partial charge in [-0.1, -0.05) is 25.8 Å². The van der Waals surface area contributed by atoms with Gasteiger partial charge in [0, 0.05) is 31.4 Å². The third-order valence-electron chi connectivity index (χ3n) is 3.79. The number of nitrogens with zero attached hydrogens (tertiary/aromatic N) is 1. The first-order valence-electron chi connectivity index (χ1n) is 7.41. The van der Waals surface area contributed by atoms with Crippen LogP contribution in [0.5, 0.6) is 0 Å². The second-order valence-electron chi connectivity index (χ2n) is 5.28. The van der Waals surface area contributed by atoms with Gasteiger partial charge in [0.2, 0.25) is 0 Å². The van der Waals surface area contributed by atoms with Gasteiger partial charge in [-0.05, 0) is 24.6 Å². The van der Waals surface area contributed by atoms with Gasteiger partial charge in [0.1, 0.15) is 0 Å². The van der Waals surface area contributed by atoms with Gasteiger partial charge in [-0.2, -0.15) is 0 Å². The van der Waals surface area contributed by atoms with Gasteiger partial charge in [-0.25, -0.2) is 4.79 Å². The minimum absolute atomic E-state index is 0.274. The SMILES string of the molecule is CCCCC1CN(c2cccc(C(=O)OC)c2)CCN1. The molecule has 1 aromatic carbocycles. The lowest BCUT2D eigenvalue weighted by atomic mass is 10.1. The van der Waals surface area contributed by atoms with Crippen molar-refractivity contribution in [3.8, 4) is 0 Å². The van der Waals surface area contributed by atoms with Gasteiger partial charge in [0.15, 0.2) is 0 Å². The second kappa shape index (κ2) is 7.29. The van der Waals surface area contributed by atoms with Crippen molar-refractivity contribution in [1.29, 1.82) is 0 Å². The van der Waals surface area contributed by atoms with Crippen molar-refractivity contribution in [3.05, 3.63) is 29.8 Å². The summed E-state index contributed by atoms with van der Waals surface area (Å²) < 4.78 is 4.78. The number of carbonyl (C=O) groups excluding carboxylic acids is 1. The lowest BCUT2D eigenvalue weighted by molar-refractivity contribution is 0.0601. The monoisotopic (exact) mass is 276 g/mol. The number of nitrogens with one attached hydrogen (secondary N) is 1. The highest BCUT2D eigenvalue weighted by Gasteiger charge is 2.19. The smallest absolute Gasteiger partial charge is 0.337 e. The normalized spacial score (nSPS) is 18.9. The standard InChI is InChI=1S/C16H24N2O2/c1-3-4-7-14-12-18(10-9-17-14)15-8-5-6-13(11-15)16(19)20-2/h5-6,8,11,14,17H,3-4,7,9-10,12H2,1-2H3. The van der Waals surface area contributed by atoms with Crippen LogP contribution < -0.4 is 10.2 Å². The molecule has 4 heteroatoms. The van der Waals surface area contributed by atoms with E-state index in [2.05, 4.69) is 23.2 Å². The van der Waals surface area contributed by atoms with Crippen LogP contribution >= 0.6 is 0 Å². The van der Waals surface area contributed by atoms with Crippen molar-refractivity contribution in [2.45, 2.75) is 32.2 Å². The van der Waals surface area contributed by atoms with Gasteiger partial charge in [0.05, 0.1) is 12.7 Å². The summed E-state index contributed by atoms with van der Waals surface area (Å²) in [5.41, 5.74) is 1.73. The van der Waals surface area contributed by atoms with Crippen molar-refractivity contribution in [1.82, 2.24) is 5.32 Å². The van der Waals surface area contributed by atoms with Crippen LogP contribution in [0.15, 0.2) is 24.3 Å². The fraction of sp³-hybridized carbons (Fsp3) is 0.562. The molecule has 1 N–H and O–H groups in total. The minimum Gasteiger partial charge on any atom is -0.465 e. The van der Waals surface area contributed by atoms with Crippen LogP contribution in [0.4, 0.5) is 5.69 Å². The average Bonchev–Trinajstić information content (AvgIpc) is 2.52. The molecule has 4 nitrogen and oxygen atoms in total. The van der Waals surface area contributed by atoms with E-state index in [-0.39, 0.29) is 5.97 Å². The van der Waals surface area contributed by atoms with E-state index >= 15 is 0 Å². The molecule has 1 aliphatic rings. The molecule has 1 unspecified atom stereocenters. The van der Waals surface area contributed by atoms with Crippen molar-refractivity contribution >= 4 is 11.7 Å². The quantitative estimate of drug-likeness (QED) is 0.839. The fourth-order valence-corrected chi connectivity index (χ4v) is 2.65. The number of unbranched alkanes of at least 4 members (excludes halogenated alkanes) is 1. The second-order valence-corrected chi connectivity index (χ2v) is 5.28. The number of rotatable bonds is 5. The van der Waals surface area contributed by atoms with Gasteiger partial charge in [-0.3, -0.25) is 0 Å². The zero-order valence-electron chi connectivity index (χ0n) is 12.4.